The lowest BCUT2D eigenvalue weighted by atomic mass is 10.2. The van der Waals surface area contributed by atoms with Gasteiger partial charge in [-0.2, -0.15) is 0 Å². The number of para-hydroxylation sites is 1. The van der Waals surface area contributed by atoms with Crippen LogP contribution in [0.25, 0.3) is 0 Å². The van der Waals surface area contributed by atoms with Gasteiger partial charge in [0.2, 0.25) is 0 Å². The van der Waals surface area contributed by atoms with Crippen molar-refractivity contribution < 1.29 is 9.90 Å². The molecule has 4 N–H and O–H groups in total. The number of nitrogens with one attached hydrogen (secondary N) is 1. The number of nitrogens with two attached hydrogens (primary N) is 1. The summed E-state index contributed by atoms with van der Waals surface area (Å²) in [4.78, 5) is 15.7. The third-order valence-electron chi connectivity index (χ3n) is 2.49. The number of aromatic hydroxyl groups is 1. The first-order valence-corrected chi connectivity index (χ1v) is 5.44. The Bertz CT molecular complexity index is 570. The van der Waals surface area contributed by atoms with Crippen LogP contribution in [-0.4, -0.2) is 16.0 Å². The minimum atomic E-state index is -0.364. The molecule has 0 aliphatic heterocycles. The fraction of sp³-hybridized carbons (Fsp3) is 0.0769. The molecule has 0 fully saturated rings. The molecule has 1 aromatic carbocycles. The number of pyridine rings is 1. The molecule has 1 aromatic heterocycles. The number of phenolic OH excluding ortho intramolecular Hbond substituents is 1. The Kier molecular flexibility index (Phi) is 3.43. The molecule has 2 rings (SSSR count). The Morgan fingerprint density at radius 3 is 2.78 bits per heavy atom. The lowest BCUT2D eigenvalue weighted by molar-refractivity contribution is 0.0947. The average Bonchev–Trinajstić information content (AvgIpc) is 2.38. The van der Waals surface area contributed by atoms with Gasteiger partial charge in [0.1, 0.15) is 5.75 Å². The lowest BCUT2D eigenvalue weighted by Gasteiger charge is -2.07. The number of carbonyl (C=O) groups is 1. The maximum absolute atomic E-state index is 11.8. The van der Waals surface area contributed by atoms with Crippen LogP contribution in [0.4, 0.5) is 5.69 Å². The van der Waals surface area contributed by atoms with Crippen LogP contribution in [0.5, 0.6) is 5.75 Å². The number of nitrogen functional groups attached to an aromatic ring is 1. The minimum Gasteiger partial charge on any atom is -0.508 e. The van der Waals surface area contributed by atoms with Crippen molar-refractivity contribution in [3.63, 3.8) is 0 Å². The van der Waals surface area contributed by atoms with E-state index in [9.17, 15) is 9.90 Å². The summed E-state index contributed by atoms with van der Waals surface area (Å²) >= 11 is 0. The van der Waals surface area contributed by atoms with E-state index in [1.807, 2.05) is 0 Å². The van der Waals surface area contributed by atoms with Gasteiger partial charge in [0.25, 0.3) is 5.91 Å². The van der Waals surface area contributed by atoms with E-state index in [0.717, 1.165) is 0 Å². The van der Waals surface area contributed by atoms with Gasteiger partial charge in [-0.3, -0.25) is 4.79 Å². The predicted octanol–water partition coefficient (Wildman–Crippen LogP) is 1.30. The molecule has 0 saturated carbocycles. The normalized spacial score (nSPS) is 10.0. The molecular weight excluding hydrogens is 230 g/mol. The molecule has 0 spiro atoms. The van der Waals surface area contributed by atoms with E-state index < -0.39 is 0 Å². The number of hydrogen-bond donors (Lipinski definition) is 3. The number of carbonyl (C=O) groups excluding carboxylic acids is 1. The van der Waals surface area contributed by atoms with Gasteiger partial charge in [0.15, 0.2) is 5.69 Å². The Morgan fingerprint density at radius 1 is 1.28 bits per heavy atom. The van der Waals surface area contributed by atoms with Crippen molar-refractivity contribution in [2.75, 3.05) is 5.73 Å². The number of benzene rings is 1. The van der Waals surface area contributed by atoms with Gasteiger partial charge in [-0.15, -0.1) is 0 Å². The van der Waals surface area contributed by atoms with Crippen LogP contribution in [0.15, 0.2) is 42.6 Å². The molecule has 0 unspecified atom stereocenters. The third-order valence-corrected chi connectivity index (χ3v) is 2.49. The Balaban J connectivity index is 2.06. The van der Waals surface area contributed by atoms with E-state index in [1.54, 1.807) is 36.4 Å². The second-order valence-corrected chi connectivity index (χ2v) is 3.75. The largest absolute Gasteiger partial charge is 0.508 e. The van der Waals surface area contributed by atoms with Gasteiger partial charge < -0.3 is 16.2 Å². The number of aromatic nitrogens is 1. The number of phenols is 1. The van der Waals surface area contributed by atoms with Crippen molar-refractivity contribution in [3.8, 4) is 5.75 Å². The van der Waals surface area contributed by atoms with E-state index in [4.69, 9.17) is 5.73 Å². The fourth-order valence-corrected chi connectivity index (χ4v) is 1.53. The van der Waals surface area contributed by atoms with Gasteiger partial charge in [-0.05, 0) is 18.2 Å². The summed E-state index contributed by atoms with van der Waals surface area (Å²) in [6.45, 7) is 0.224. The molecule has 0 saturated heterocycles. The van der Waals surface area contributed by atoms with Crippen molar-refractivity contribution in [2.24, 2.45) is 0 Å². The molecule has 0 bridgehead atoms. The predicted molar refractivity (Wildman–Crippen MR) is 67.9 cm³/mol. The lowest BCUT2D eigenvalue weighted by Crippen LogP contribution is -2.24. The number of amides is 1. The minimum absolute atomic E-state index is 0.145. The summed E-state index contributed by atoms with van der Waals surface area (Å²) in [6, 6.07) is 10.1. The van der Waals surface area contributed by atoms with Crippen LogP contribution in [-0.2, 0) is 6.54 Å². The molecule has 92 valence electrons. The molecule has 0 aliphatic carbocycles. The van der Waals surface area contributed by atoms with E-state index in [-0.39, 0.29) is 23.9 Å². The SMILES string of the molecule is Nc1cccnc1C(=O)NCc1ccccc1O. The summed E-state index contributed by atoms with van der Waals surface area (Å²) in [7, 11) is 0. The van der Waals surface area contributed by atoms with Crippen molar-refractivity contribution in [1.82, 2.24) is 10.3 Å². The highest BCUT2D eigenvalue weighted by Gasteiger charge is 2.10. The molecule has 5 heteroatoms. The highest BCUT2D eigenvalue weighted by Crippen LogP contribution is 2.15. The Morgan fingerprint density at radius 2 is 2.06 bits per heavy atom. The zero-order chi connectivity index (χ0) is 13.0. The van der Waals surface area contributed by atoms with Crippen LogP contribution in [0.2, 0.25) is 0 Å². The highest BCUT2D eigenvalue weighted by atomic mass is 16.3. The smallest absolute Gasteiger partial charge is 0.272 e. The number of nitrogens with zero attached hydrogens (tertiary/aromatic N) is 1. The van der Waals surface area contributed by atoms with Gasteiger partial charge in [0.05, 0.1) is 5.69 Å². The number of rotatable bonds is 3. The van der Waals surface area contributed by atoms with Crippen molar-refractivity contribution >= 4 is 11.6 Å². The fourth-order valence-electron chi connectivity index (χ4n) is 1.53. The second-order valence-electron chi connectivity index (χ2n) is 3.75. The molecular formula is C13H13N3O2. The summed E-state index contributed by atoms with van der Waals surface area (Å²) in [5.74, 6) is -0.219. The van der Waals surface area contributed by atoms with E-state index in [2.05, 4.69) is 10.3 Å². The maximum atomic E-state index is 11.8. The summed E-state index contributed by atoms with van der Waals surface area (Å²) in [6.07, 6.45) is 1.51. The third kappa shape index (κ3) is 2.57. The Labute approximate surface area is 104 Å². The van der Waals surface area contributed by atoms with Crippen LogP contribution >= 0.6 is 0 Å². The van der Waals surface area contributed by atoms with Crippen molar-refractivity contribution in [3.05, 3.63) is 53.9 Å². The topological polar surface area (TPSA) is 88.2 Å². The first-order valence-electron chi connectivity index (χ1n) is 5.44. The van der Waals surface area contributed by atoms with E-state index in [1.165, 1.54) is 6.20 Å². The first-order chi connectivity index (χ1) is 8.68. The number of hydrogen-bond acceptors (Lipinski definition) is 4. The zero-order valence-electron chi connectivity index (χ0n) is 9.63. The molecule has 2 aromatic rings. The van der Waals surface area contributed by atoms with Crippen LogP contribution in [0.1, 0.15) is 16.1 Å². The summed E-state index contributed by atoms with van der Waals surface area (Å²) in [5, 5.41) is 12.2. The van der Waals surface area contributed by atoms with Crippen LogP contribution in [0, 0.1) is 0 Å². The Hall–Kier alpha value is -2.56. The maximum Gasteiger partial charge on any atom is 0.272 e. The van der Waals surface area contributed by atoms with Crippen LogP contribution < -0.4 is 11.1 Å². The quantitative estimate of drug-likeness (QED) is 0.758. The molecule has 5 nitrogen and oxygen atoms in total. The molecule has 18 heavy (non-hydrogen) atoms. The molecule has 1 heterocycles. The van der Waals surface area contributed by atoms with Crippen molar-refractivity contribution in [2.45, 2.75) is 6.54 Å². The second kappa shape index (κ2) is 5.18. The van der Waals surface area contributed by atoms with Gasteiger partial charge in [-0.1, -0.05) is 18.2 Å². The zero-order valence-corrected chi connectivity index (χ0v) is 9.63. The molecule has 0 radical (unpaired) electrons. The summed E-state index contributed by atoms with van der Waals surface area (Å²) in [5.41, 5.74) is 6.80. The molecule has 0 atom stereocenters. The van der Waals surface area contributed by atoms with Gasteiger partial charge in [0, 0.05) is 18.3 Å². The van der Waals surface area contributed by atoms with Gasteiger partial charge in [-0.25, -0.2) is 4.98 Å². The van der Waals surface area contributed by atoms with E-state index in [0.29, 0.717) is 11.3 Å². The van der Waals surface area contributed by atoms with Crippen LogP contribution in [0.3, 0.4) is 0 Å². The first kappa shape index (κ1) is 11.9. The molecule has 0 aliphatic rings. The average molecular weight is 243 g/mol. The number of anilines is 1. The monoisotopic (exact) mass is 243 g/mol. The van der Waals surface area contributed by atoms with Gasteiger partial charge >= 0.3 is 0 Å². The van der Waals surface area contributed by atoms with E-state index >= 15 is 0 Å². The molecule has 1 amide bonds. The standard InChI is InChI=1S/C13H13N3O2/c14-10-5-3-7-15-12(10)13(18)16-8-9-4-1-2-6-11(9)17/h1-7,17H,8,14H2,(H,16,18). The summed E-state index contributed by atoms with van der Waals surface area (Å²) < 4.78 is 0. The highest BCUT2D eigenvalue weighted by molar-refractivity contribution is 5.96. The van der Waals surface area contributed by atoms with Crippen molar-refractivity contribution in [1.29, 1.82) is 0 Å².